The molecule has 32 heavy (non-hydrogen) atoms. The fraction of sp³-hybridized carbons (Fsp3) is 0.444. The molecule has 0 spiro atoms. The zero-order valence-corrected chi connectivity index (χ0v) is 19.1. The molecule has 0 aromatic heterocycles. The predicted molar refractivity (Wildman–Crippen MR) is 130 cm³/mol. The SMILES string of the molecule is CN=C(NCc1ccc(COC2CCOCC2)cc1)N1CCC(=Cc2ccccc2)CC1. The zero-order valence-electron chi connectivity index (χ0n) is 19.1. The van der Waals surface area contributed by atoms with Gasteiger partial charge in [0.15, 0.2) is 5.96 Å². The Kier molecular flexibility index (Phi) is 8.35. The van der Waals surface area contributed by atoms with Crippen molar-refractivity contribution in [3.8, 4) is 0 Å². The maximum Gasteiger partial charge on any atom is 0.193 e. The van der Waals surface area contributed by atoms with Gasteiger partial charge >= 0.3 is 0 Å². The highest BCUT2D eigenvalue weighted by Crippen LogP contribution is 2.20. The lowest BCUT2D eigenvalue weighted by Gasteiger charge is -2.31. The highest BCUT2D eigenvalue weighted by Gasteiger charge is 2.17. The maximum absolute atomic E-state index is 6.02. The molecule has 2 heterocycles. The molecule has 2 aromatic carbocycles. The standard InChI is InChI=1S/C27H35N3O2/c1-28-27(30-15-11-23(12-16-30)19-22-5-3-2-4-6-22)29-20-24-7-9-25(10-8-24)21-32-26-13-17-31-18-14-26/h2-10,19,26H,11-18,20-21H2,1H3,(H,28,29). The molecule has 0 aliphatic carbocycles. The van der Waals surface area contributed by atoms with Gasteiger partial charge in [-0.05, 0) is 42.4 Å². The van der Waals surface area contributed by atoms with Crippen molar-refractivity contribution in [2.45, 2.75) is 44.9 Å². The molecule has 170 valence electrons. The van der Waals surface area contributed by atoms with Crippen LogP contribution < -0.4 is 5.32 Å². The molecule has 2 aliphatic rings. The monoisotopic (exact) mass is 433 g/mol. The molecule has 0 amide bonds. The Morgan fingerprint density at radius 1 is 1.03 bits per heavy atom. The van der Waals surface area contributed by atoms with Crippen LogP contribution in [0.15, 0.2) is 65.2 Å². The lowest BCUT2D eigenvalue weighted by atomic mass is 10.0. The zero-order chi connectivity index (χ0) is 22.0. The van der Waals surface area contributed by atoms with Crippen LogP contribution in [0.5, 0.6) is 0 Å². The van der Waals surface area contributed by atoms with Gasteiger partial charge in [-0.15, -0.1) is 0 Å². The van der Waals surface area contributed by atoms with E-state index in [1.807, 2.05) is 7.05 Å². The van der Waals surface area contributed by atoms with Gasteiger partial charge < -0.3 is 19.7 Å². The third kappa shape index (κ3) is 6.68. The second-order valence-electron chi connectivity index (χ2n) is 8.54. The molecule has 4 rings (SSSR count). The third-order valence-electron chi connectivity index (χ3n) is 6.21. The van der Waals surface area contributed by atoms with E-state index in [1.54, 1.807) is 0 Å². The number of nitrogens with one attached hydrogen (secondary N) is 1. The predicted octanol–water partition coefficient (Wildman–Crippen LogP) is 4.64. The summed E-state index contributed by atoms with van der Waals surface area (Å²) in [5, 5.41) is 3.53. The van der Waals surface area contributed by atoms with E-state index < -0.39 is 0 Å². The van der Waals surface area contributed by atoms with Gasteiger partial charge in [0.2, 0.25) is 0 Å². The van der Waals surface area contributed by atoms with Crippen LogP contribution in [0.25, 0.3) is 6.08 Å². The van der Waals surface area contributed by atoms with E-state index in [4.69, 9.17) is 9.47 Å². The summed E-state index contributed by atoms with van der Waals surface area (Å²) in [6.45, 7) is 5.09. The molecule has 0 atom stereocenters. The van der Waals surface area contributed by atoms with Crippen LogP contribution >= 0.6 is 0 Å². The van der Waals surface area contributed by atoms with Gasteiger partial charge in [-0.2, -0.15) is 0 Å². The van der Waals surface area contributed by atoms with Crippen LogP contribution in [0.2, 0.25) is 0 Å². The minimum absolute atomic E-state index is 0.334. The Hall–Kier alpha value is -2.63. The van der Waals surface area contributed by atoms with Crippen molar-refractivity contribution in [2.24, 2.45) is 4.99 Å². The molecule has 2 saturated heterocycles. The van der Waals surface area contributed by atoms with Crippen LogP contribution in [0.3, 0.4) is 0 Å². The summed E-state index contributed by atoms with van der Waals surface area (Å²) in [6, 6.07) is 19.3. The Bertz CT molecular complexity index is 877. The number of guanidine groups is 1. The van der Waals surface area contributed by atoms with Crippen LogP contribution in [-0.4, -0.2) is 50.3 Å². The van der Waals surface area contributed by atoms with Crippen molar-refractivity contribution in [1.82, 2.24) is 10.2 Å². The Labute approximate surface area is 192 Å². The first-order valence-corrected chi connectivity index (χ1v) is 11.8. The topological polar surface area (TPSA) is 46.1 Å². The summed E-state index contributed by atoms with van der Waals surface area (Å²) in [6.07, 6.45) is 6.83. The molecule has 2 aliphatic heterocycles. The van der Waals surface area contributed by atoms with Gasteiger partial charge in [-0.1, -0.05) is 66.2 Å². The molecule has 0 unspecified atom stereocenters. The molecule has 0 radical (unpaired) electrons. The Morgan fingerprint density at radius 3 is 2.41 bits per heavy atom. The number of benzene rings is 2. The quantitative estimate of drug-likeness (QED) is 0.533. The van der Waals surface area contributed by atoms with Crippen molar-refractivity contribution in [3.05, 3.63) is 76.9 Å². The van der Waals surface area contributed by atoms with Crippen LogP contribution in [0, 0.1) is 0 Å². The van der Waals surface area contributed by atoms with Gasteiger partial charge in [0.25, 0.3) is 0 Å². The van der Waals surface area contributed by atoms with E-state index in [0.717, 1.165) is 64.5 Å². The summed E-state index contributed by atoms with van der Waals surface area (Å²) < 4.78 is 11.4. The van der Waals surface area contributed by atoms with E-state index in [2.05, 4.69) is 75.9 Å². The number of ether oxygens (including phenoxy) is 2. The van der Waals surface area contributed by atoms with E-state index in [1.165, 1.54) is 22.3 Å². The lowest BCUT2D eigenvalue weighted by Crippen LogP contribution is -2.44. The summed E-state index contributed by atoms with van der Waals surface area (Å²) in [4.78, 5) is 6.88. The van der Waals surface area contributed by atoms with E-state index in [-0.39, 0.29) is 0 Å². The number of hydrogen-bond acceptors (Lipinski definition) is 3. The number of nitrogens with zero attached hydrogens (tertiary/aromatic N) is 2. The van der Waals surface area contributed by atoms with Crippen LogP contribution in [0.1, 0.15) is 42.4 Å². The molecular formula is C27H35N3O2. The summed E-state index contributed by atoms with van der Waals surface area (Å²) in [5.74, 6) is 0.982. The molecule has 0 saturated carbocycles. The first kappa shape index (κ1) is 22.6. The smallest absolute Gasteiger partial charge is 0.193 e. The highest BCUT2D eigenvalue weighted by molar-refractivity contribution is 5.80. The average molecular weight is 434 g/mol. The second-order valence-corrected chi connectivity index (χ2v) is 8.54. The number of aliphatic imine (C=N–C) groups is 1. The van der Waals surface area contributed by atoms with E-state index in [0.29, 0.717) is 12.7 Å². The number of likely N-dealkylation sites (tertiary alicyclic amines) is 1. The van der Waals surface area contributed by atoms with Gasteiger partial charge in [-0.3, -0.25) is 4.99 Å². The number of piperidine rings is 1. The molecular weight excluding hydrogens is 398 g/mol. The van der Waals surface area contributed by atoms with Crippen molar-refractivity contribution in [3.63, 3.8) is 0 Å². The summed E-state index contributed by atoms with van der Waals surface area (Å²) in [5.41, 5.74) is 5.28. The lowest BCUT2D eigenvalue weighted by molar-refractivity contribution is -0.0390. The Balaban J connectivity index is 1.22. The number of hydrogen-bond donors (Lipinski definition) is 1. The van der Waals surface area contributed by atoms with Crippen molar-refractivity contribution in [1.29, 1.82) is 0 Å². The second kappa shape index (κ2) is 11.8. The Morgan fingerprint density at radius 2 is 1.72 bits per heavy atom. The average Bonchev–Trinajstić information content (AvgIpc) is 2.86. The largest absolute Gasteiger partial charge is 0.381 e. The fourth-order valence-corrected chi connectivity index (χ4v) is 4.26. The van der Waals surface area contributed by atoms with Crippen LogP contribution in [-0.2, 0) is 22.6 Å². The van der Waals surface area contributed by atoms with Crippen LogP contribution in [0.4, 0.5) is 0 Å². The normalized spacial score (nSPS) is 18.0. The fourth-order valence-electron chi connectivity index (χ4n) is 4.26. The van der Waals surface area contributed by atoms with Crippen molar-refractivity contribution >= 4 is 12.0 Å². The van der Waals surface area contributed by atoms with Gasteiger partial charge in [0.1, 0.15) is 0 Å². The minimum Gasteiger partial charge on any atom is -0.381 e. The molecule has 2 fully saturated rings. The van der Waals surface area contributed by atoms with Gasteiger partial charge in [0.05, 0.1) is 12.7 Å². The molecule has 0 bridgehead atoms. The van der Waals surface area contributed by atoms with Gasteiger partial charge in [0, 0.05) is 39.9 Å². The number of rotatable bonds is 6. The summed E-state index contributed by atoms with van der Waals surface area (Å²) >= 11 is 0. The maximum atomic E-state index is 6.02. The third-order valence-corrected chi connectivity index (χ3v) is 6.21. The minimum atomic E-state index is 0.334. The molecule has 1 N–H and O–H groups in total. The van der Waals surface area contributed by atoms with Crippen molar-refractivity contribution < 1.29 is 9.47 Å². The highest BCUT2D eigenvalue weighted by atomic mass is 16.5. The summed E-state index contributed by atoms with van der Waals surface area (Å²) in [7, 11) is 1.87. The first-order chi connectivity index (χ1) is 15.8. The first-order valence-electron chi connectivity index (χ1n) is 11.8. The van der Waals surface area contributed by atoms with E-state index >= 15 is 0 Å². The molecule has 2 aromatic rings. The molecule has 5 heteroatoms. The van der Waals surface area contributed by atoms with Crippen molar-refractivity contribution in [2.75, 3.05) is 33.4 Å². The van der Waals surface area contributed by atoms with E-state index in [9.17, 15) is 0 Å². The molecule has 5 nitrogen and oxygen atoms in total. The van der Waals surface area contributed by atoms with Gasteiger partial charge in [-0.25, -0.2) is 0 Å².